The summed E-state index contributed by atoms with van der Waals surface area (Å²) in [6.45, 7) is 2.39. The molecule has 0 aliphatic carbocycles. The van der Waals surface area contributed by atoms with Gasteiger partial charge in [0.25, 0.3) is 0 Å². The van der Waals surface area contributed by atoms with E-state index in [9.17, 15) is 4.79 Å². The number of aryl methyl sites for hydroxylation is 1. The Labute approximate surface area is 132 Å². The standard InChI is InChI=1S/C17H16N2O2S/c1-12-4-2-5-13(8-12)9-17(20)18-11-14-10-15(21-19-14)16-6-3-7-22-16/h2-8,10H,9,11H2,1H3,(H,18,20). The maximum atomic E-state index is 12.0. The van der Waals surface area contributed by atoms with E-state index in [1.54, 1.807) is 11.3 Å². The summed E-state index contributed by atoms with van der Waals surface area (Å²) in [5.41, 5.74) is 2.89. The fraction of sp³-hybridized carbons (Fsp3) is 0.176. The Bertz CT molecular complexity index is 763. The quantitative estimate of drug-likeness (QED) is 0.783. The zero-order valence-corrected chi connectivity index (χ0v) is 13.0. The molecule has 112 valence electrons. The third kappa shape index (κ3) is 3.62. The summed E-state index contributed by atoms with van der Waals surface area (Å²) in [5, 5.41) is 8.84. The summed E-state index contributed by atoms with van der Waals surface area (Å²) in [6, 6.07) is 13.8. The molecule has 1 N–H and O–H groups in total. The number of carbonyl (C=O) groups is 1. The molecule has 0 fully saturated rings. The number of nitrogens with one attached hydrogen (secondary N) is 1. The van der Waals surface area contributed by atoms with Gasteiger partial charge in [-0.05, 0) is 23.9 Å². The second-order valence-corrected chi connectivity index (χ2v) is 6.05. The highest BCUT2D eigenvalue weighted by Crippen LogP contribution is 2.24. The van der Waals surface area contributed by atoms with Crippen LogP contribution in [0.4, 0.5) is 0 Å². The maximum Gasteiger partial charge on any atom is 0.224 e. The Balaban J connectivity index is 1.55. The molecule has 1 amide bonds. The summed E-state index contributed by atoms with van der Waals surface area (Å²) in [4.78, 5) is 13.0. The number of aromatic nitrogens is 1. The summed E-state index contributed by atoms with van der Waals surface area (Å²) >= 11 is 1.60. The molecule has 22 heavy (non-hydrogen) atoms. The largest absolute Gasteiger partial charge is 0.355 e. The molecule has 0 bridgehead atoms. The Kier molecular flexibility index (Phi) is 4.34. The van der Waals surface area contributed by atoms with Crippen LogP contribution in [0, 0.1) is 6.92 Å². The number of nitrogens with zero attached hydrogens (tertiary/aromatic N) is 1. The minimum Gasteiger partial charge on any atom is -0.355 e. The van der Waals surface area contributed by atoms with Crippen LogP contribution in [-0.2, 0) is 17.8 Å². The van der Waals surface area contributed by atoms with E-state index in [0.717, 1.165) is 27.5 Å². The van der Waals surface area contributed by atoms with Gasteiger partial charge in [0, 0.05) is 6.07 Å². The third-order valence-electron chi connectivity index (χ3n) is 3.24. The van der Waals surface area contributed by atoms with Crippen molar-refractivity contribution in [3.8, 4) is 10.6 Å². The topological polar surface area (TPSA) is 55.1 Å². The molecule has 0 saturated heterocycles. The molecule has 0 saturated carbocycles. The third-order valence-corrected chi connectivity index (χ3v) is 4.12. The number of hydrogen-bond donors (Lipinski definition) is 1. The lowest BCUT2D eigenvalue weighted by Crippen LogP contribution is -2.24. The SMILES string of the molecule is Cc1cccc(CC(=O)NCc2cc(-c3cccs3)on2)c1. The molecule has 0 aliphatic heterocycles. The number of amides is 1. The first-order valence-electron chi connectivity index (χ1n) is 7.02. The molecule has 1 aromatic carbocycles. The van der Waals surface area contributed by atoms with Crippen LogP contribution < -0.4 is 5.32 Å². The van der Waals surface area contributed by atoms with E-state index in [1.807, 2.05) is 54.8 Å². The number of rotatable bonds is 5. The van der Waals surface area contributed by atoms with E-state index in [0.29, 0.717) is 13.0 Å². The van der Waals surface area contributed by atoms with Crippen molar-refractivity contribution in [3.05, 3.63) is 64.7 Å². The highest BCUT2D eigenvalue weighted by Gasteiger charge is 2.09. The Morgan fingerprint density at radius 2 is 2.18 bits per heavy atom. The number of hydrogen-bond acceptors (Lipinski definition) is 4. The van der Waals surface area contributed by atoms with Crippen molar-refractivity contribution in [2.45, 2.75) is 19.9 Å². The number of benzene rings is 1. The minimum atomic E-state index is -0.0220. The van der Waals surface area contributed by atoms with E-state index >= 15 is 0 Å². The first kappa shape index (κ1) is 14.5. The van der Waals surface area contributed by atoms with Crippen LogP contribution in [0.25, 0.3) is 10.6 Å². The Hall–Kier alpha value is -2.40. The van der Waals surface area contributed by atoms with E-state index in [4.69, 9.17) is 4.52 Å². The second-order valence-electron chi connectivity index (χ2n) is 5.10. The predicted octanol–water partition coefficient (Wildman–Crippen LogP) is 3.57. The van der Waals surface area contributed by atoms with Gasteiger partial charge >= 0.3 is 0 Å². The summed E-state index contributed by atoms with van der Waals surface area (Å²) in [5.74, 6) is 0.712. The molecular formula is C17H16N2O2S. The van der Waals surface area contributed by atoms with Gasteiger partial charge in [-0.15, -0.1) is 11.3 Å². The van der Waals surface area contributed by atoms with Crippen molar-refractivity contribution in [2.75, 3.05) is 0 Å². The van der Waals surface area contributed by atoms with Crippen LogP contribution in [0.15, 0.2) is 52.4 Å². The average Bonchev–Trinajstić information content (AvgIpc) is 3.16. The van der Waals surface area contributed by atoms with Gasteiger partial charge < -0.3 is 9.84 Å². The van der Waals surface area contributed by atoms with Crippen LogP contribution in [-0.4, -0.2) is 11.1 Å². The van der Waals surface area contributed by atoms with Crippen molar-refractivity contribution >= 4 is 17.2 Å². The van der Waals surface area contributed by atoms with Gasteiger partial charge in [-0.1, -0.05) is 41.1 Å². The summed E-state index contributed by atoms with van der Waals surface area (Å²) in [6.07, 6.45) is 0.372. The van der Waals surface area contributed by atoms with Gasteiger partial charge in [-0.3, -0.25) is 4.79 Å². The lowest BCUT2D eigenvalue weighted by Gasteiger charge is -2.04. The van der Waals surface area contributed by atoms with Gasteiger partial charge in [0.05, 0.1) is 17.8 Å². The Morgan fingerprint density at radius 1 is 1.27 bits per heavy atom. The molecule has 0 radical (unpaired) electrons. The zero-order chi connectivity index (χ0) is 15.4. The van der Waals surface area contributed by atoms with E-state index < -0.39 is 0 Å². The lowest BCUT2D eigenvalue weighted by atomic mass is 10.1. The van der Waals surface area contributed by atoms with E-state index in [2.05, 4.69) is 10.5 Å². The second kappa shape index (κ2) is 6.58. The van der Waals surface area contributed by atoms with E-state index in [-0.39, 0.29) is 5.91 Å². The van der Waals surface area contributed by atoms with Gasteiger partial charge in [0.2, 0.25) is 5.91 Å². The fourth-order valence-corrected chi connectivity index (χ4v) is 2.86. The van der Waals surface area contributed by atoms with Crippen molar-refractivity contribution in [1.29, 1.82) is 0 Å². The molecule has 0 unspecified atom stereocenters. The molecule has 0 atom stereocenters. The van der Waals surface area contributed by atoms with Crippen LogP contribution in [0.3, 0.4) is 0 Å². The molecule has 3 aromatic rings. The molecule has 2 heterocycles. The fourth-order valence-electron chi connectivity index (χ4n) is 2.19. The van der Waals surface area contributed by atoms with Gasteiger partial charge in [0.1, 0.15) is 5.69 Å². The van der Waals surface area contributed by atoms with Crippen LogP contribution >= 0.6 is 11.3 Å². The minimum absolute atomic E-state index is 0.0220. The van der Waals surface area contributed by atoms with Crippen LogP contribution in [0.1, 0.15) is 16.8 Å². The van der Waals surface area contributed by atoms with Crippen molar-refractivity contribution in [3.63, 3.8) is 0 Å². The molecule has 3 rings (SSSR count). The van der Waals surface area contributed by atoms with Gasteiger partial charge in [-0.25, -0.2) is 0 Å². The lowest BCUT2D eigenvalue weighted by molar-refractivity contribution is -0.120. The number of carbonyl (C=O) groups excluding carboxylic acids is 1. The smallest absolute Gasteiger partial charge is 0.224 e. The van der Waals surface area contributed by atoms with Crippen LogP contribution in [0.2, 0.25) is 0 Å². The summed E-state index contributed by atoms with van der Waals surface area (Å²) < 4.78 is 5.28. The molecule has 0 aliphatic rings. The zero-order valence-electron chi connectivity index (χ0n) is 12.2. The first-order chi connectivity index (χ1) is 10.7. The monoisotopic (exact) mass is 312 g/mol. The first-order valence-corrected chi connectivity index (χ1v) is 7.90. The highest BCUT2D eigenvalue weighted by atomic mass is 32.1. The van der Waals surface area contributed by atoms with Gasteiger partial charge in [0.15, 0.2) is 5.76 Å². The highest BCUT2D eigenvalue weighted by molar-refractivity contribution is 7.13. The molecule has 2 aromatic heterocycles. The molecule has 5 heteroatoms. The molecule has 0 spiro atoms. The molecular weight excluding hydrogens is 296 g/mol. The normalized spacial score (nSPS) is 10.6. The predicted molar refractivity (Wildman–Crippen MR) is 86.5 cm³/mol. The molecule has 4 nitrogen and oxygen atoms in total. The van der Waals surface area contributed by atoms with Crippen molar-refractivity contribution in [2.24, 2.45) is 0 Å². The Morgan fingerprint density at radius 3 is 2.95 bits per heavy atom. The maximum absolute atomic E-state index is 12.0. The average molecular weight is 312 g/mol. The van der Waals surface area contributed by atoms with Gasteiger partial charge in [-0.2, -0.15) is 0 Å². The summed E-state index contributed by atoms with van der Waals surface area (Å²) in [7, 11) is 0. The van der Waals surface area contributed by atoms with Crippen molar-refractivity contribution in [1.82, 2.24) is 10.5 Å². The van der Waals surface area contributed by atoms with Crippen LogP contribution in [0.5, 0.6) is 0 Å². The number of thiophene rings is 1. The van der Waals surface area contributed by atoms with Crippen molar-refractivity contribution < 1.29 is 9.32 Å². The van der Waals surface area contributed by atoms with E-state index in [1.165, 1.54) is 0 Å².